The fourth-order valence-electron chi connectivity index (χ4n) is 1.70. The zero-order valence-electron chi connectivity index (χ0n) is 10.2. The van der Waals surface area contributed by atoms with Crippen molar-refractivity contribution in [3.63, 3.8) is 0 Å². The Morgan fingerprint density at radius 1 is 1.29 bits per heavy atom. The Bertz CT molecular complexity index is 521. The minimum absolute atomic E-state index is 0.673. The van der Waals surface area contributed by atoms with Crippen LogP contribution < -0.4 is 11.1 Å². The van der Waals surface area contributed by atoms with E-state index in [-0.39, 0.29) is 0 Å². The molecule has 0 radical (unpaired) electrons. The molecule has 1 aromatic carbocycles. The third kappa shape index (κ3) is 2.75. The van der Waals surface area contributed by atoms with Gasteiger partial charge in [-0.25, -0.2) is 4.98 Å². The average Bonchev–Trinajstić information content (AvgIpc) is 2.33. The fraction of sp³-hybridized carbons (Fsp3) is 0.214. The third-order valence-corrected chi connectivity index (χ3v) is 2.65. The summed E-state index contributed by atoms with van der Waals surface area (Å²) in [6.45, 7) is 4.11. The second kappa shape index (κ2) is 4.87. The van der Waals surface area contributed by atoms with E-state index in [1.807, 2.05) is 31.3 Å². The first-order chi connectivity index (χ1) is 8.19. The zero-order valence-corrected chi connectivity index (χ0v) is 10.2. The molecule has 0 saturated heterocycles. The first-order valence-corrected chi connectivity index (χ1v) is 5.77. The Hall–Kier alpha value is -2.03. The zero-order chi connectivity index (χ0) is 12.3. The van der Waals surface area contributed by atoms with Gasteiger partial charge in [0, 0.05) is 11.9 Å². The molecule has 88 valence electrons. The predicted octanol–water partition coefficient (Wildman–Crippen LogP) is 3.28. The van der Waals surface area contributed by atoms with Crippen LogP contribution >= 0.6 is 0 Å². The van der Waals surface area contributed by atoms with Gasteiger partial charge in [0.2, 0.25) is 0 Å². The molecule has 3 nitrogen and oxygen atoms in total. The first kappa shape index (κ1) is 11.5. The number of nitrogens with two attached hydrogens (primary N) is 1. The number of hydrogen-bond donors (Lipinski definition) is 2. The van der Waals surface area contributed by atoms with E-state index in [2.05, 4.69) is 29.4 Å². The first-order valence-electron chi connectivity index (χ1n) is 5.77. The largest absolute Gasteiger partial charge is 0.396 e. The van der Waals surface area contributed by atoms with Crippen molar-refractivity contribution in [1.82, 2.24) is 4.98 Å². The van der Waals surface area contributed by atoms with Crippen LogP contribution in [-0.2, 0) is 6.42 Å². The molecule has 0 bridgehead atoms. The maximum absolute atomic E-state index is 5.91. The van der Waals surface area contributed by atoms with Crippen molar-refractivity contribution in [3.05, 3.63) is 47.7 Å². The van der Waals surface area contributed by atoms with Crippen molar-refractivity contribution in [2.45, 2.75) is 20.3 Å². The lowest BCUT2D eigenvalue weighted by Crippen LogP contribution is -1.99. The Balaban J connectivity index is 2.25. The number of rotatable bonds is 3. The van der Waals surface area contributed by atoms with Crippen LogP contribution in [0.3, 0.4) is 0 Å². The minimum Gasteiger partial charge on any atom is -0.396 e. The van der Waals surface area contributed by atoms with Gasteiger partial charge in [0.25, 0.3) is 0 Å². The van der Waals surface area contributed by atoms with Crippen LogP contribution in [0.15, 0.2) is 36.5 Å². The molecule has 0 spiro atoms. The Kier molecular flexibility index (Phi) is 3.28. The molecule has 1 heterocycles. The molecule has 0 amide bonds. The molecule has 2 aromatic rings. The van der Waals surface area contributed by atoms with Gasteiger partial charge >= 0.3 is 0 Å². The van der Waals surface area contributed by atoms with Crippen LogP contribution in [-0.4, -0.2) is 4.98 Å². The van der Waals surface area contributed by atoms with Gasteiger partial charge in [-0.05, 0) is 42.7 Å². The highest BCUT2D eigenvalue weighted by atomic mass is 15.0. The van der Waals surface area contributed by atoms with Gasteiger partial charge in [-0.1, -0.05) is 19.1 Å². The molecule has 0 unspecified atom stereocenters. The van der Waals surface area contributed by atoms with Crippen molar-refractivity contribution in [2.75, 3.05) is 11.1 Å². The summed E-state index contributed by atoms with van der Waals surface area (Å²) >= 11 is 0. The summed E-state index contributed by atoms with van der Waals surface area (Å²) < 4.78 is 0. The second-order valence-electron chi connectivity index (χ2n) is 4.13. The lowest BCUT2D eigenvalue weighted by atomic mass is 10.1. The summed E-state index contributed by atoms with van der Waals surface area (Å²) in [7, 11) is 0. The highest BCUT2D eigenvalue weighted by Gasteiger charge is 2.01. The van der Waals surface area contributed by atoms with Gasteiger partial charge in [-0.3, -0.25) is 0 Å². The number of pyridine rings is 1. The number of nitrogens with zero attached hydrogens (tertiary/aromatic N) is 1. The van der Waals surface area contributed by atoms with Crippen molar-refractivity contribution in [1.29, 1.82) is 0 Å². The van der Waals surface area contributed by atoms with E-state index in [1.165, 1.54) is 5.56 Å². The van der Waals surface area contributed by atoms with Gasteiger partial charge in [0.05, 0.1) is 5.69 Å². The molecule has 2 rings (SSSR count). The molecule has 0 aliphatic heterocycles. The third-order valence-electron chi connectivity index (χ3n) is 2.65. The monoisotopic (exact) mass is 227 g/mol. The minimum atomic E-state index is 0.673. The lowest BCUT2D eigenvalue weighted by Gasteiger charge is -2.09. The topological polar surface area (TPSA) is 50.9 Å². The maximum Gasteiger partial charge on any atom is 0.153 e. The number of nitrogen functional groups attached to an aromatic ring is 1. The van der Waals surface area contributed by atoms with E-state index in [0.717, 1.165) is 17.7 Å². The number of anilines is 3. The van der Waals surface area contributed by atoms with Gasteiger partial charge in [-0.2, -0.15) is 0 Å². The van der Waals surface area contributed by atoms with Gasteiger partial charge in [-0.15, -0.1) is 0 Å². The Morgan fingerprint density at radius 2 is 2.12 bits per heavy atom. The number of nitrogens with one attached hydrogen (secondary N) is 1. The molecule has 0 saturated carbocycles. The fourth-order valence-corrected chi connectivity index (χ4v) is 1.70. The molecular formula is C14H17N3. The molecule has 0 aliphatic carbocycles. The molecule has 3 heteroatoms. The van der Waals surface area contributed by atoms with Crippen molar-refractivity contribution < 1.29 is 0 Å². The number of aromatic nitrogens is 1. The SMILES string of the molecule is CCc1cccc(Nc2ncc(C)cc2N)c1. The van der Waals surface area contributed by atoms with Gasteiger partial charge < -0.3 is 11.1 Å². The Labute approximate surface area is 102 Å². The Morgan fingerprint density at radius 3 is 2.82 bits per heavy atom. The molecule has 3 N–H and O–H groups in total. The summed E-state index contributed by atoms with van der Waals surface area (Å²) in [6, 6.07) is 10.2. The van der Waals surface area contributed by atoms with Gasteiger partial charge in [0.15, 0.2) is 5.82 Å². The van der Waals surface area contributed by atoms with E-state index in [9.17, 15) is 0 Å². The van der Waals surface area contributed by atoms with E-state index in [4.69, 9.17) is 5.73 Å². The van der Waals surface area contributed by atoms with Gasteiger partial charge in [0.1, 0.15) is 0 Å². The van der Waals surface area contributed by atoms with Crippen molar-refractivity contribution in [3.8, 4) is 0 Å². The standard InChI is InChI=1S/C14H17N3/c1-3-11-5-4-6-12(8-11)17-14-13(15)7-10(2)9-16-14/h4-9H,3,15H2,1-2H3,(H,16,17). The molecular weight excluding hydrogens is 210 g/mol. The van der Waals surface area contributed by atoms with Crippen LogP contribution in [0.5, 0.6) is 0 Å². The summed E-state index contributed by atoms with van der Waals surface area (Å²) in [5.41, 5.74) is 9.97. The predicted molar refractivity (Wildman–Crippen MR) is 72.5 cm³/mol. The summed E-state index contributed by atoms with van der Waals surface area (Å²) in [5, 5.41) is 3.24. The molecule has 0 fully saturated rings. The van der Waals surface area contributed by atoms with Crippen molar-refractivity contribution in [2.24, 2.45) is 0 Å². The van der Waals surface area contributed by atoms with E-state index >= 15 is 0 Å². The summed E-state index contributed by atoms with van der Waals surface area (Å²) in [5.74, 6) is 0.712. The van der Waals surface area contributed by atoms with Crippen molar-refractivity contribution >= 4 is 17.2 Å². The highest BCUT2D eigenvalue weighted by molar-refractivity contribution is 5.69. The van der Waals surface area contributed by atoms with Crippen LogP contribution in [0.2, 0.25) is 0 Å². The number of benzene rings is 1. The average molecular weight is 227 g/mol. The van der Waals surface area contributed by atoms with E-state index in [0.29, 0.717) is 11.5 Å². The van der Waals surface area contributed by atoms with Crippen LogP contribution in [0.4, 0.5) is 17.2 Å². The number of hydrogen-bond acceptors (Lipinski definition) is 3. The molecule has 1 aromatic heterocycles. The highest BCUT2D eigenvalue weighted by Crippen LogP contribution is 2.21. The summed E-state index contributed by atoms with van der Waals surface area (Å²) in [4.78, 5) is 4.29. The second-order valence-corrected chi connectivity index (χ2v) is 4.13. The van der Waals surface area contributed by atoms with E-state index in [1.54, 1.807) is 0 Å². The maximum atomic E-state index is 5.91. The van der Waals surface area contributed by atoms with Crippen LogP contribution in [0.25, 0.3) is 0 Å². The molecule has 0 atom stereocenters. The number of aryl methyl sites for hydroxylation is 2. The quantitative estimate of drug-likeness (QED) is 0.846. The van der Waals surface area contributed by atoms with Crippen LogP contribution in [0.1, 0.15) is 18.1 Å². The smallest absolute Gasteiger partial charge is 0.153 e. The molecule has 17 heavy (non-hydrogen) atoms. The van der Waals surface area contributed by atoms with Crippen LogP contribution in [0, 0.1) is 6.92 Å². The summed E-state index contributed by atoms with van der Waals surface area (Å²) in [6.07, 6.45) is 2.83. The molecule has 0 aliphatic rings. The van der Waals surface area contributed by atoms with E-state index < -0.39 is 0 Å². The lowest BCUT2D eigenvalue weighted by molar-refractivity contribution is 1.14. The normalized spacial score (nSPS) is 10.2.